The molecule has 0 saturated heterocycles. The van der Waals surface area contributed by atoms with Crippen LogP contribution in [0.15, 0.2) is 60.9 Å². The van der Waals surface area contributed by atoms with Gasteiger partial charge in [-0.1, -0.05) is 41.9 Å². The molecule has 0 unspecified atom stereocenters. The lowest BCUT2D eigenvalue weighted by atomic mass is 10.2. The van der Waals surface area contributed by atoms with E-state index in [9.17, 15) is 4.79 Å². The second kappa shape index (κ2) is 7.50. The van der Waals surface area contributed by atoms with Gasteiger partial charge in [0.05, 0.1) is 35.1 Å². The Bertz CT molecular complexity index is 1070. The summed E-state index contributed by atoms with van der Waals surface area (Å²) < 4.78 is 2.85. The van der Waals surface area contributed by atoms with Crippen molar-refractivity contribution >= 4 is 39.1 Å². The second-order valence-electron chi connectivity index (χ2n) is 6.25. The van der Waals surface area contributed by atoms with Crippen molar-refractivity contribution in [3.8, 4) is 0 Å². The fourth-order valence-electron chi connectivity index (χ4n) is 2.84. The molecule has 0 radical (unpaired) electrons. The van der Waals surface area contributed by atoms with E-state index in [-0.39, 0.29) is 5.91 Å². The topological polar surface area (TPSA) is 51.0 Å². The maximum Gasteiger partial charge on any atom is 0.257 e. The van der Waals surface area contributed by atoms with Crippen molar-refractivity contribution in [2.45, 2.75) is 13.1 Å². The van der Waals surface area contributed by atoms with Crippen molar-refractivity contribution in [1.82, 2.24) is 19.7 Å². The minimum Gasteiger partial charge on any atom is -0.335 e. The van der Waals surface area contributed by atoms with Gasteiger partial charge >= 0.3 is 0 Å². The SMILES string of the molecule is CN(Cc1nc2ccccc2s1)C(=O)c1cnn(Cc2ccccc2Cl)c1. The lowest BCUT2D eigenvalue weighted by Crippen LogP contribution is -2.25. The number of hydrogen-bond acceptors (Lipinski definition) is 4. The number of thiazole rings is 1. The van der Waals surface area contributed by atoms with Crippen LogP contribution in [0.25, 0.3) is 10.2 Å². The van der Waals surface area contributed by atoms with Gasteiger partial charge in [-0.3, -0.25) is 9.48 Å². The number of aromatic nitrogens is 3. The summed E-state index contributed by atoms with van der Waals surface area (Å²) in [5, 5.41) is 5.90. The Balaban J connectivity index is 1.46. The molecule has 0 atom stereocenters. The number of amides is 1. The number of fused-ring (bicyclic) bond motifs is 1. The molecule has 4 aromatic rings. The van der Waals surface area contributed by atoms with Crippen LogP contribution in [-0.4, -0.2) is 32.6 Å². The molecular weight excluding hydrogens is 380 g/mol. The maximum atomic E-state index is 12.7. The fraction of sp³-hybridized carbons (Fsp3) is 0.150. The van der Waals surface area contributed by atoms with E-state index < -0.39 is 0 Å². The summed E-state index contributed by atoms with van der Waals surface area (Å²) in [6.07, 6.45) is 3.34. The van der Waals surface area contributed by atoms with E-state index in [2.05, 4.69) is 10.1 Å². The number of benzene rings is 2. The molecule has 2 aromatic carbocycles. The quantitative estimate of drug-likeness (QED) is 0.500. The molecule has 0 aliphatic carbocycles. The van der Waals surface area contributed by atoms with E-state index in [1.807, 2.05) is 48.5 Å². The van der Waals surface area contributed by atoms with Crippen LogP contribution in [0.4, 0.5) is 0 Å². The largest absolute Gasteiger partial charge is 0.335 e. The van der Waals surface area contributed by atoms with E-state index in [1.165, 1.54) is 0 Å². The number of nitrogens with zero attached hydrogens (tertiary/aromatic N) is 4. The highest BCUT2D eigenvalue weighted by atomic mass is 35.5. The highest BCUT2D eigenvalue weighted by Gasteiger charge is 2.16. The van der Waals surface area contributed by atoms with E-state index in [0.29, 0.717) is 23.7 Å². The number of para-hydroxylation sites is 1. The van der Waals surface area contributed by atoms with Gasteiger partial charge in [-0.15, -0.1) is 11.3 Å². The Morgan fingerprint density at radius 2 is 1.96 bits per heavy atom. The molecule has 136 valence electrons. The Hall–Kier alpha value is -2.70. The van der Waals surface area contributed by atoms with Gasteiger partial charge < -0.3 is 4.90 Å². The molecule has 0 N–H and O–H groups in total. The molecular formula is C20H17ClN4OS. The van der Waals surface area contributed by atoms with Crippen molar-refractivity contribution < 1.29 is 4.79 Å². The number of hydrogen-bond donors (Lipinski definition) is 0. The van der Waals surface area contributed by atoms with Gasteiger partial charge in [-0.2, -0.15) is 5.10 Å². The summed E-state index contributed by atoms with van der Waals surface area (Å²) in [7, 11) is 1.78. The minimum atomic E-state index is -0.0836. The molecule has 0 bridgehead atoms. The molecule has 0 saturated carbocycles. The zero-order chi connectivity index (χ0) is 18.8. The predicted molar refractivity (Wildman–Crippen MR) is 108 cm³/mol. The Morgan fingerprint density at radius 1 is 1.19 bits per heavy atom. The summed E-state index contributed by atoms with van der Waals surface area (Å²) in [6.45, 7) is 0.989. The van der Waals surface area contributed by atoms with Crippen molar-refractivity contribution in [3.63, 3.8) is 0 Å². The molecule has 0 aliphatic rings. The Kier molecular flexibility index (Phi) is 4.92. The van der Waals surface area contributed by atoms with Crippen LogP contribution in [0.3, 0.4) is 0 Å². The van der Waals surface area contributed by atoms with Gasteiger partial charge in [0.1, 0.15) is 5.01 Å². The monoisotopic (exact) mass is 396 g/mol. The average Bonchev–Trinajstić information content (AvgIpc) is 3.29. The third kappa shape index (κ3) is 3.86. The summed E-state index contributed by atoms with van der Waals surface area (Å²) in [5.41, 5.74) is 2.47. The van der Waals surface area contributed by atoms with Gasteiger partial charge in [-0.25, -0.2) is 4.98 Å². The highest BCUT2D eigenvalue weighted by Crippen LogP contribution is 2.23. The normalized spacial score (nSPS) is 11.0. The first kappa shape index (κ1) is 17.7. The first-order chi connectivity index (χ1) is 13.1. The van der Waals surface area contributed by atoms with E-state index in [0.717, 1.165) is 20.8 Å². The predicted octanol–water partition coefficient (Wildman–Crippen LogP) is 4.47. The number of halogens is 1. The maximum absolute atomic E-state index is 12.7. The van der Waals surface area contributed by atoms with E-state index in [1.54, 1.807) is 40.4 Å². The standard InChI is InChI=1S/C20H17ClN4OS/c1-24(13-19-23-17-8-4-5-9-18(17)27-19)20(26)15-10-22-25(12-15)11-14-6-2-3-7-16(14)21/h2-10,12H,11,13H2,1H3. The van der Waals surface area contributed by atoms with Crippen LogP contribution in [0.2, 0.25) is 5.02 Å². The number of carbonyl (C=O) groups is 1. The molecule has 4 rings (SSSR count). The lowest BCUT2D eigenvalue weighted by molar-refractivity contribution is 0.0785. The van der Waals surface area contributed by atoms with Crippen LogP contribution in [0.1, 0.15) is 20.9 Å². The van der Waals surface area contributed by atoms with Crippen molar-refractivity contribution in [3.05, 3.63) is 82.1 Å². The first-order valence-electron chi connectivity index (χ1n) is 8.46. The number of rotatable bonds is 5. The highest BCUT2D eigenvalue weighted by molar-refractivity contribution is 7.18. The van der Waals surface area contributed by atoms with Crippen molar-refractivity contribution in [2.75, 3.05) is 7.05 Å². The fourth-order valence-corrected chi connectivity index (χ4v) is 4.06. The van der Waals surface area contributed by atoms with Crippen LogP contribution in [-0.2, 0) is 13.1 Å². The summed E-state index contributed by atoms with van der Waals surface area (Å²) in [5.74, 6) is -0.0836. The Morgan fingerprint density at radius 3 is 2.78 bits per heavy atom. The third-order valence-corrected chi connectivity index (χ3v) is 5.62. The van der Waals surface area contributed by atoms with Gasteiger partial charge in [0.2, 0.25) is 0 Å². The molecule has 5 nitrogen and oxygen atoms in total. The third-order valence-electron chi connectivity index (χ3n) is 4.23. The summed E-state index contributed by atoms with van der Waals surface area (Å²) in [4.78, 5) is 19.0. The molecule has 2 heterocycles. The van der Waals surface area contributed by atoms with E-state index in [4.69, 9.17) is 11.6 Å². The van der Waals surface area contributed by atoms with Gasteiger partial charge in [-0.05, 0) is 23.8 Å². The van der Waals surface area contributed by atoms with Crippen molar-refractivity contribution in [2.24, 2.45) is 0 Å². The van der Waals surface area contributed by atoms with Crippen LogP contribution >= 0.6 is 22.9 Å². The molecule has 1 amide bonds. The van der Waals surface area contributed by atoms with Gasteiger partial charge in [0, 0.05) is 18.3 Å². The van der Waals surface area contributed by atoms with Crippen LogP contribution in [0.5, 0.6) is 0 Å². The molecule has 0 fully saturated rings. The molecule has 2 aromatic heterocycles. The summed E-state index contributed by atoms with van der Waals surface area (Å²) in [6, 6.07) is 15.6. The lowest BCUT2D eigenvalue weighted by Gasteiger charge is -2.14. The minimum absolute atomic E-state index is 0.0836. The Labute approximate surface area is 165 Å². The molecule has 7 heteroatoms. The second-order valence-corrected chi connectivity index (χ2v) is 7.78. The zero-order valence-corrected chi connectivity index (χ0v) is 16.2. The zero-order valence-electron chi connectivity index (χ0n) is 14.7. The first-order valence-corrected chi connectivity index (χ1v) is 9.65. The average molecular weight is 397 g/mol. The van der Waals surface area contributed by atoms with Crippen LogP contribution < -0.4 is 0 Å². The van der Waals surface area contributed by atoms with E-state index >= 15 is 0 Å². The van der Waals surface area contributed by atoms with Gasteiger partial charge in [0.25, 0.3) is 5.91 Å². The molecule has 0 aliphatic heterocycles. The summed E-state index contributed by atoms with van der Waals surface area (Å²) >= 11 is 7.80. The number of carbonyl (C=O) groups excluding carboxylic acids is 1. The van der Waals surface area contributed by atoms with Crippen molar-refractivity contribution in [1.29, 1.82) is 0 Å². The van der Waals surface area contributed by atoms with Gasteiger partial charge in [0.15, 0.2) is 0 Å². The smallest absolute Gasteiger partial charge is 0.257 e. The van der Waals surface area contributed by atoms with Crippen LogP contribution in [0, 0.1) is 0 Å². The molecule has 0 spiro atoms. The molecule has 27 heavy (non-hydrogen) atoms.